The third-order valence-electron chi connectivity index (χ3n) is 1.89. The van der Waals surface area contributed by atoms with Crippen LogP contribution in [0.2, 0.25) is 0 Å². The van der Waals surface area contributed by atoms with Gasteiger partial charge >= 0.3 is 5.97 Å². The largest absolute Gasteiger partial charge is 0.465 e. The second-order valence-corrected chi connectivity index (χ2v) is 3.44. The summed E-state index contributed by atoms with van der Waals surface area (Å²) in [6.45, 7) is 1.85. The zero-order valence-corrected chi connectivity index (χ0v) is 9.08. The van der Waals surface area contributed by atoms with Crippen molar-refractivity contribution in [1.29, 1.82) is 0 Å². The maximum atomic E-state index is 13.7. The first-order valence-corrected chi connectivity index (χ1v) is 5.10. The average Bonchev–Trinajstić information content (AvgIpc) is 2.28. The minimum absolute atomic E-state index is 0.198. The van der Waals surface area contributed by atoms with E-state index in [4.69, 9.17) is 11.6 Å². The summed E-state index contributed by atoms with van der Waals surface area (Å²) in [5.74, 6) is -0.726. The third-order valence-corrected chi connectivity index (χ3v) is 2.29. The molecule has 4 heteroatoms. The molecular weight excluding hydrogens is 219 g/mol. The molecule has 0 aliphatic carbocycles. The molecule has 0 saturated heterocycles. The summed E-state index contributed by atoms with van der Waals surface area (Å²) in [6.07, 6.45) is -1.54. The molecule has 0 N–H and O–H groups in total. The number of hydrogen-bond donors (Lipinski definition) is 0. The number of benzene rings is 1. The van der Waals surface area contributed by atoms with Gasteiger partial charge in [0.25, 0.3) is 0 Å². The maximum absolute atomic E-state index is 13.7. The van der Waals surface area contributed by atoms with Crippen molar-refractivity contribution < 1.29 is 13.9 Å². The summed E-state index contributed by atoms with van der Waals surface area (Å²) in [5.41, 5.74) is 0.380. The van der Waals surface area contributed by atoms with Crippen LogP contribution in [0.25, 0.3) is 0 Å². The molecule has 0 aliphatic rings. The summed E-state index contributed by atoms with van der Waals surface area (Å²) in [4.78, 5) is 11.2. The van der Waals surface area contributed by atoms with Gasteiger partial charge in [-0.05, 0) is 12.5 Å². The zero-order chi connectivity index (χ0) is 11.3. The van der Waals surface area contributed by atoms with Gasteiger partial charge in [-0.15, -0.1) is 11.6 Å². The van der Waals surface area contributed by atoms with E-state index in [0.717, 1.165) is 0 Å². The van der Waals surface area contributed by atoms with Gasteiger partial charge in [0.2, 0.25) is 0 Å². The second-order valence-electron chi connectivity index (χ2n) is 2.97. The molecule has 0 bridgehead atoms. The molecule has 0 spiro atoms. The Kier molecular flexibility index (Phi) is 4.56. The molecule has 0 aliphatic heterocycles. The highest BCUT2D eigenvalue weighted by molar-refractivity contribution is 6.30. The van der Waals surface area contributed by atoms with Crippen LogP contribution in [0, 0.1) is 0 Å². The molecule has 2 atom stereocenters. The van der Waals surface area contributed by atoms with Crippen LogP contribution in [0.3, 0.4) is 0 Å². The van der Waals surface area contributed by atoms with Gasteiger partial charge in [-0.25, -0.2) is 4.39 Å². The lowest BCUT2D eigenvalue weighted by Gasteiger charge is -2.13. The normalized spacial score (nSPS) is 14.3. The van der Waals surface area contributed by atoms with Crippen molar-refractivity contribution >= 4 is 17.6 Å². The summed E-state index contributed by atoms with van der Waals surface area (Å²) in [6, 6.07) is 8.32. The molecule has 2 nitrogen and oxygen atoms in total. The Morgan fingerprint density at radius 3 is 2.60 bits per heavy atom. The average molecular weight is 231 g/mol. The van der Waals surface area contributed by atoms with Crippen molar-refractivity contribution in [3.05, 3.63) is 35.9 Å². The number of carbonyl (C=O) groups excluding carboxylic acids is 1. The Hall–Kier alpha value is -1.09. The lowest BCUT2D eigenvalue weighted by Crippen LogP contribution is -2.22. The Morgan fingerprint density at radius 1 is 1.47 bits per heavy atom. The predicted molar refractivity (Wildman–Crippen MR) is 56.6 cm³/mol. The first-order valence-electron chi connectivity index (χ1n) is 4.66. The fourth-order valence-electron chi connectivity index (χ4n) is 1.15. The minimum Gasteiger partial charge on any atom is -0.465 e. The highest BCUT2D eigenvalue weighted by atomic mass is 35.5. The van der Waals surface area contributed by atoms with E-state index in [-0.39, 0.29) is 6.61 Å². The van der Waals surface area contributed by atoms with Gasteiger partial charge in [-0.2, -0.15) is 0 Å². The van der Waals surface area contributed by atoms with Gasteiger partial charge in [-0.1, -0.05) is 30.3 Å². The van der Waals surface area contributed by atoms with E-state index in [0.29, 0.717) is 5.56 Å². The number of esters is 1. The molecule has 1 aromatic rings. The van der Waals surface area contributed by atoms with Crippen LogP contribution in [0.15, 0.2) is 30.3 Å². The van der Waals surface area contributed by atoms with Crippen molar-refractivity contribution in [2.24, 2.45) is 0 Å². The van der Waals surface area contributed by atoms with Gasteiger partial charge in [-0.3, -0.25) is 4.79 Å². The standard InChI is InChI=1S/C11H12ClFO2/c1-2-15-11(14)9(12)10(13)8-6-4-3-5-7-8/h3-7,9-10H,2H2,1H3. The molecule has 1 aromatic carbocycles. The lowest BCUT2D eigenvalue weighted by atomic mass is 10.1. The first kappa shape index (κ1) is 12.0. The first-order chi connectivity index (χ1) is 7.16. The summed E-state index contributed by atoms with van der Waals surface area (Å²) in [5, 5.41) is -1.28. The smallest absolute Gasteiger partial charge is 0.327 e. The van der Waals surface area contributed by atoms with Crippen LogP contribution in [-0.2, 0) is 9.53 Å². The summed E-state index contributed by atoms with van der Waals surface area (Å²) < 4.78 is 18.3. The van der Waals surface area contributed by atoms with Gasteiger partial charge in [0.05, 0.1) is 6.61 Å². The molecular formula is C11H12ClFO2. The van der Waals surface area contributed by atoms with Crippen LogP contribution in [-0.4, -0.2) is 18.0 Å². The number of rotatable bonds is 4. The van der Waals surface area contributed by atoms with Crippen molar-refractivity contribution in [1.82, 2.24) is 0 Å². The number of alkyl halides is 2. The Balaban J connectivity index is 2.68. The van der Waals surface area contributed by atoms with E-state index in [9.17, 15) is 9.18 Å². The maximum Gasteiger partial charge on any atom is 0.327 e. The highest BCUT2D eigenvalue weighted by Crippen LogP contribution is 2.25. The molecule has 0 aromatic heterocycles. The molecule has 0 fully saturated rings. The number of halogens is 2. The Bertz CT molecular complexity index is 316. The minimum atomic E-state index is -1.54. The van der Waals surface area contributed by atoms with Gasteiger partial charge in [0.15, 0.2) is 11.5 Å². The SMILES string of the molecule is CCOC(=O)C(Cl)C(F)c1ccccc1. The molecule has 0 amide bonds. The molecule has 2 unspecified atom stereocenters. The molecule has 0 saturated carbocycles. The van der Waals surface area contributed by atoms with Crippen LogP contribution in [0.4, 0.5) is 4.39 Å². The predicted octanol–water partition coefficient (Wildman–Crippen LogP) is 2.87. The number of hydrogen-bond acceptors (Lipinski definition) is 2. The molecule has 82 valence electrons. The van der Waals surface area contributed by atoms with Gasteiger partial charge in [0.1, 0.15) is 0 Å². The van der Waals surface area contributed by atoms with Crippen LogP contribution in [0.5, 0.6) is 0 Å². The van der Waals surface area contributed by atoms with E-state index in [2.05, 4.69) is 4.74 Å². The Morgan fingerprint density at radius 2 is 2.07 bits per heavy atom. The molecule has 15 heavy (non-hydrogen) atoms. The lowest BCUT2D eigenvalue weighted by molar-refractivity contribution is -0.144. The van der Waals surface area contributed by atoms with Crippen molar-refractivity contribution in [3.8, 4) is 0 Å². The Labute approximate surface area is 93.0 Å². The number of ether oxygens (including phenoxy) is 1. The molecule has 1 rings (SSSR count). The third kappa shape index (κ3) is 3.20. The van der Waals surface area contributed by atoms with Gasteiger partial charge < -0.3 is 4.74 Å². The fourth-order valence-corrected chi connectivity index (χ4v) is 1.36. The van der Waals surface area contributed by atoms with Crippen LogP contribution >= 0.6 is 11.6 Å². The highest BCUT2D eigenvalue weighted by Gasteiger charge is 2.28. The van der Waals surface area contributed by atoms with E-state index >= 15 is 0 Å². The molecule has 0 heterocycles. The summed E-state index contributed by atoms with van der Waals surface area (Å²) in [7, 11) is 0. The fraction of sp³-hybridized carbons (Fsp3) is 0.364. The van der Waals surface area contributed by atoms with Crippen LogP contribution < -0.4 is 0 Å². The van der Waals surface area contributed by atoms with Crippen LogP contribution in [0.1, 0.15) is 18.7 Å². The summed E-state index contributed by atoms with van der Waals surface area (Å²) >= 11 is 5.65. The van der Waals surface area contributed by atoms with Crippen molar-refractivity contribution in [3.63, 3.8) is 0 Å². The van der Waals surface area contributed by atoms with Crippen molar-refractivity contribution in [2.45, 2.75) is 18.5 Å². The monoisotopic (exact) mass is 230 g/mol. The van der Waals surface area contributed by atoms with E-state index in [1.54, 1.807) is 37.3 Å². The molecule has 0 radical (unpaired) electrons. The zero-order valence-electron chi connectivity index (χ0n) is 8.32. The van der Waals surface area contributed by atoms with E-state index in [1.807, 2.05) is 0 Å². The number of carbonyl (C=O) groups is 1. The topological polar surface area (TPSA) is 26.3 Å². The van der Waals surface area contributed by atoms with E-state index < -0.39 is 17.5 Å². The van der Waals surface area contributed by atoms with Gasteiger partial charge in [0, 0.05) is 0 Å². The van der Waals surface area contributed by atoms with E-state index in [1.165, 1.54) is 0 Å². The second kappa shape index (κ2) is 5.71. The van der Waals surface area contributed by atoms with Crippen molar-refractivity contribution in [2.75, 3.05) is 6.61 Å². The quantitative estimate of drug-likeness (QED) is 0.587.